The molecule has 2 aromatic rings. The van der Waals surface area contributed by atoms with Gasteiger partial charge in [-0.1, -0.05) is 0 Å². The largest absolute Gasteiger partial charge is 0.349 e. The Morgan fingerprint density at radius 2 is 2.28 bits per heavy atom. The highest BCUT2D eigenvalue weighted by molar-refractivity contribution is 5.75. The van der Waals surface area contributed by atoms with E-state index in [0.29, 0.717) is 19.5 Å². The molecule has 0 atom stereocenters. The van der Waals surface area contributed by atoms with Crippen molar-refractivity contribution in [2.75, 3.05) is 0 Å². The maximum atomic E-state index is 11.6. The van der Waals surface area contributed by atoms with Crippen molar-refractivity contribution < 1.29 is 4.79 Å². The lowest BCUT2D eigenvalue weighted by Gasteiger charge is -2.05. The molecule has 0 spiro atoms. The maximum Gasteiger partial charge on any atom is 0.222 e. The molecule has 6 heteroatoms. The van der Waals surface area contributed by atoms with Gasteiger partial charge in [0.1, 0.15) is 5.82 Å². The zero-order valence-corrected chi connectivity index (χ0v) is 10.6. The lowest BCUT2D eigenvalue weighted by molar-refractivity contribution is -0.121. The summed E-state index contributed by atoms with van der Waals surface area (Å²) in [7, 11) is 1.90. The summed E-state index contributed by atoms with van der Waals surface area (Å²) in [5.74, 6) is 0.851. The average Bonchev–Trinajstić information content (AvgIpc) is 2.93. The van der Waals surface area contributed by atoms with Crippen molar-refractivity contribution in [1.82, 2.24) is 24.6 Å². The number of aromatic nitrogens is 4. The van der Waals surface area contributed by atoms with E-state index in [4.69, 9.17) is 0 Å². The molecule has 0 unspecified atom stereocenters. The van der Waals surface area contributed by atoms with Crippen molar-refractivity contribution in [3.05, 3.63) is 36.2 Å². The van der Waals surface area contributed by atoms with Gasteiger partial charge in [-0.15, -0.1) is 0 Å². The van der Waals surface area contributed by atoms with Crippen LogP contribution >= 0.6 is 0 Å². The topological polar surface area (TPSA) is 64.7 Å². The Bertz CT molecular complexity index is 528. The predicted molar refractivity (Wildman–Crippen MR) is 66.6 cm³/mol. The molecule has 0 aliphatic heterocycles. The molecular formula is C12H17N5O. The van der Waals surface area contributed by atoms with Crippen LogP contribution in [0.15, 0.2) is 24.7 Å². The number of aryl methyl sites for hydroxylation is 3. The predicted octanol–water partition coefficient (Wildman–Crippen LogP) is 0.632. The van der Waals surface area contributed by atoms with Crippen LogP contribution in [0, 0.1) is 6.92 Å². The van der Waals surface area contributed by atoms with Gasteiger partial charge < -0.3 is 9.88 Å². The SMILES string of the molecule is Cc1ccn(CCC(=O)NCc2nccn2C)n1. The van der Waals surface area contributed by atoms with Crippen molar-refractivity contribution in [3.63, 3.8) is 0 Å². The van der Waals surface area contributed by atoms with Gasteiger partial charge in [0.15, 0.2) is 0 Å². The number of amides is 1. The molecule has 0 aliphatic rings. The first kappa shape index (κ1) is 12.3. The third kappa shape index (κ3) is 3.19. The van der Waals surface area contributed by atoms with Crippen LogP contribution in [-0.2, 0) is 24.9 Å². The van der Waals surface area contributed by atoms with Gasteiger partial charge in [0.05, 0.1) is 12.2 Å². The van der Waals surface area contributed by atoms with Gasteiger partial charge in [0.2, 0.25) is 5.91 Å². The number of carbonyl (C=O) groups is 1. The number of imidazole rings is 1. The summed E-state index contributed by atoms with van der Waals surface area (Å²) in [5.41, 5.74) is 0.961. The Morgan fingerprint density at radius 1 is 1.44 bits per heavy atom. The molecule has 18 heavy (non-hydrogen) atoms. The van der Waals surface area contributed by atoms with E-state index in [2.05, 4.69) is 15.4 Å². The maximum absolute atomic E-state index is 11.6. The highest BCUT2D eigenvalue weighted by Crippen LogP contribution is 1.96. The van der Waals surface area contributed by atoms with E-state index in [1.165, 1.54) is 0 Å². The number of hydrogen-bond donors (Lipinski definition) is 1. The van der Waals surface area contributed by atoms with E-state index in [0.717, 1.165) is 11.5 Å². The number of rotatable bonds is 5. The summed E-state index contributed by atoms with van der Waals surface area (Å²) in [6.45, 7) is 2.98. The van der Waals surface area contributed by atoms with E-state index in [1.54, 1.807) is 10.9 Å². The van der Waals surface area contributed by atoms with Gasteiger partial charge in [-0.2, -0.15) is 5.10 Å². The molecule has 0 fully saturated rings. The van der Waals surface area contributed by atoms with Crippen LogP contribution in [0.1, 0.15) is 17.9 Å². The van der Waals surface area contributed by atoms with Crippen LogP contribution < -0.4 is 5.32 Å². The number of carbonyl (C=O) groups excluding carboxylic acids is 1. The Morgan fingerprint density at radius 3 is 2.89 bits per heavy atom. The van der Waals surface area contributed by atoms with Crippen molar-refractivity contribution in [2.45, 2.75) is 26.4 Å². The third-order valence-corrected chi connectivity index (χ3v) is 2.71. The molecule has 96 valence electrons. The fraction of sp³-hybridized carbons (Fsp3) is 0.417. The highest BCUT2D eigenvalue weighted by Gasteiger charge is 2.04. The molecule has 0 radical (unpaired) electrons. The minimum absolute atomic E-state index is 0.00570. The first-order valence-electron chi connectivity index (χ1n) is 5.88. The van der Waals surface area contributed by atoms with E-state index in [-0.39, 0.29) is 5.91 Å². The van der Waals surface area contributed by atoms with E-state index in [1.807, 2.05) is 37.0 Å². The summed E-state index contributed by atoms with van der Waals surface area (Å²) >= 11 is 0. The van der Waals surface area contributed by atoms with Crippen LogP contribution in [0.4, 0.5) is 0 Å². The smallest absolute Gasteiger partial charge is 0.222 e. The summed E-state index contributed by atoms with van der Waals surface area (Å²) in [5, 5.41) is 7.07. The molecule has 2 heterocycles. The molecule has 0 aliphatic carbocycles. The molecule has 1 amide bonds. The Kier molecular flexibility index (Phi) is 3.76. The minimum atomic E-state index is 0.00570. The van der Waals surface area contributed by atoms with Gasteiger partial charge in [0, 0.05) is 38.6 Å². The first-order valence-corrected chi connectivity index (χ1v) is 5.88. The second-order valence-electron chi connectivity index (χ2n) is 4.20. The molecule has 0 saturated carbocycles. The van der Waals surface area contributed by atoms with Crippen LogP contribution in [0.2, 0.25) is 0 Å². The van der Waals surface area contributed by atoms with E-state index in [9.17, 15) is 4.79 Å². The van der Waals surface area contributed by atoms with E-state index >= 15 is 0 Å². The summed E-state index contributed by atoms with van der Waals surface area (Å²) in [6.07, 6.45) is 5.87. The van der Waals surface area contributed by atoms with Crippen molar-refractivity contribution in [3.8, 4) is 0 Å². The van der Waals surface area contributed by atoms with Crippen LogP contribution in [-0.4, -0.2) is 25.2 Å². The lowest BCUT2D eigenvalue weighted by Crippen LogP contribution is -2.25. The van der Waals surface area contributed by atoms with Crippen molar-refractivity contribution >= 4 is 5.91 Å². The van der Waals surface area contributed by atoms with Gasteiger partial charge in [0.25, 0.3) is 0 Å². The van der Waals surface area contributed by atoms with Crippen LogP contribution in [0.5, 0.6) is 0 Å². The van der Waals surface area contributed by atoms with Crippen LogP contribution in [0.3, 0.4) is 0 Å². The molecule has 0 aromatic carbocycles. The molecule has 0 saturated heterocycles. The third-order valence-electron chi connectivity index (χ3n) is 2.71. The van der Waals surface area contributed by atoms with Crippen LogP contribution in [0.25, 0.3) is 0 Å². The fourth-order valence-corrected chi connectivity index (χ4v) is 1.64. The molecule has 2 aromatic heterocycles. The first-order chi connectivity index (χ1) is 8.65. The highest BCUT2D eigenvalue weighted by atomic mass is 16.1. The monoisotopic (exact) mass is 247 g/mol. The molecule has 6 nitrogen and oxygen atoms in total. The zero-order chi connectivity index (χ0) is 13.0. The second kappa shape index (κ2) is 5.48. The van der Waals surface area contributed by atoms with Gasteiger partial charge in [-0.25, -0.2) is 4.98 Å². The van der Waals surface area contributed by atoms with Gasteiger partial charge in [-0.05, 0) is 13.0 Å². The Labute approximate surface area is 106 Å². The fourth-order valence-electron chi connectivity index (χ4n) is 1.64. The van der Waals surface area contributed by atoms with Gasteiger partial charge in [-0.3, -0.25) is 9.48 Å². The molecular weight excluding hydrogens is 230 g/mol. The molecule has 2 rings (SSSR count). The quantitative estimate of drug-likeness (QED) is 0.843. The molecule has 1 N–H and O–H groups in total. The number of nitrogens with one attached hydrogen (secondary N) is 1. The minimum Gasteiger partial charge on any atom is -0.349 e. The lowest BCUT2D eigenvalue weighted by atomic mass is 10.4. The standard InChI is InChI=1S/C12H17N5O/c1-10-3-6-17(15-10)7-4-12(18)14-9-11-13-5-8-16(11)2/h3,5-6,8H,4,7,9H2,1-2H3,(H,14,18). The number of hydrogen-bond acceptors (Lipinski definition) is 3. The summed E-state index contributed by atoms with van der Waals surface area (Å²) < 4.78 is 3.66. The number of nitrogens with zero attached hydrogens (tertiary/aromatic N) is 4. The zero-order valence-electron chi connectivity index (χ0n) is 10.6. The normalized spacial score (nSPS) is 10.6. The van der Waals surface area contributed by atoms with Crippen molar-refractivity contribution in [1.29, 1.82) is 0 Å². The van der Waals surface area contributed by atoms with Crippen molar-refractivity contribution in [2.24, 2.45) is 7.05 Å². The Hall–Kier alpha value is -2.11. The summed E-state index contributed by atoms with van der Waals surface area (Å²) in [6, 6.07) is 1.92. The second-order valence-corrected chi connectivity index (χ2v) is 4.20. The molecule has 0 bridgehead atoms. The average molecular weight is 247 g/mol. The van der Waals surface area contributed by atoms with Gasteiger partial charge >= 0.3 is 0 Å². The Balaban J connectivity index is 1.74. The summed E-state index contributed by atoms with van der Waals surface area (Å²) in [4.78, 5) is 15.8. The van der Waals surface area contributed by atoms with E-state index < -0.39 is 0 Å².